The third kappa shape index (κ3) is 22.5. The number of benzene rings is 16. The van der Waals surface area contributed by atoms with Crippen LogP contribution in [0.5, 0.6) is 0 Å². The van der Waals surface area contributed by atoms with E-state index in [0.29, 0.717) is 23.6 Å². The van der Waals surface area contributed by atoms with Gasteiger partial charge < -0.3 is 37.3 Å². The minimum atomic E-state index is 0.521. The molecule has 0 saturated heterocycles. The number of para-hydroxylation sites is 8. The van der Waals surface area contributed by atoms with Crippen LogP contribution in [0, 0.1) is 0 Å². The summed E-state index contributed by atoms with van der Waals surface area (Å²) in [7, 11) is 0. The maximum Gasteiger partial charge on any atom is 0.247 e. The number of aromatic nitrogens is 8. The van der Waals surface area contributed by atoms with Crippen molar-refractivity contribution < 1.29 is 17.7 Å². The number of rotatable bonds is 20. The highest BCUT2D eigenvalue weighted by Crippen LogP contribution is 2.40. The standard InChI is InChI=1S/4C20H15N3O.2C13H12/c4*1-3-7-17(8-4-1)23(18-9-5-2-6-10-18)19-13-11-16(12-14-19)20-22-21-15-24-20;2*1-3-7-12(8-4-1)11-13-9-5-2-6-10-13/h4*1-15H;2*1-10H,11H2. The summed E-state index contributed by atoms with van der Waals surface area (Å²) in [4.78, 5) is 8.82. The third-order valence-corrected chi connectivity index (χ3v) is 19.2. The molecule has 0 aliphatic rings. The van der Waals surface area contributed by atoms with Gasteiger partial charge in [-0.2, -0.15) is 0 Å². The van der Waals surface area contributed by atoms with E-state index in [-0.39, 0.29) is 0 Å². The van der Waals surface area contributed by atoms with Crippen LogP contribution < -0.4 is 19.6 Å². The Balaban J connectivity index is 0.000000116. The van der Waals surface area contributed by atoms with E-state index in [0.717, 1.165) is 103 Å². The van der Waals surface area contributed by atoms with E-state index in [4.69, 9.17) is 17.7 Å². The molecule has 0 aliphatic carbocycles. The number of nitrogens with zero attached hydrogens (tertiary/aromatic N) is 12. The predicted molar refractivity (Wildman–Crippen MR) is 489 cm³/mol. The topological polar surface area (TPSA) is 169 Å². The lowest BCUT2D eigenvalue weighted by molar-refractivity contribution is 0.568. The van der Waals surface area contributed by atoms with Crippen LogP contribution in [0.1, 0.15) is 22.3 Å². The van der Waals surface area contributed by atoms with Crippen LogP contribution in [0.3, 0.4) is 0 Å². The largest absolute Gasteiger partial charge is 0.423 e. The summed E-state index contributed by atoms with van der Waals surface area (Å²) in [5.41, 5.74) is 22.2. The second-order valence-electron chi connectivity index (χ2n) is 27.5. The third-order valence-electron chi connectivity index (χ3n) is 19.2. The first-order valence-corrected chi connectivity index (χ1v) is 39.8. The smallest absolute Gasteiger partial charge is 0.247 e. The predicted octanol–water partition coefficient (Wildman–Crippen LogP) is 27.4. The molecule has 16 nitrogen and oxygen atoms in total. The van der Waals surface area contributed by atoms with Gasteiger partial charge in [0.2, 0.25) is 49.1 Å². The SMILES string of the molecule is c1ccc(Cc2ccccc2)cc1.c1ccc(Cc2ccccc2)cc1.c1ccc(N(c2ccccc2)c2ccc(-c3nnco3)cc2)cc1.c1ccc(N(c2ccccc2)c2ccc(-c3nnco3)cc2)cc1.c1ccc(N(c2ccccc2)c2ccc(-c3nnco3)cc2)cc1.c1ccc(N(c2ccccc2)c2ccc(-c3nnco3)cc2)cc1. The molecule has 0 atom stereocenters. The molecule has 20 rings (SSSR count). The van der Waals surface area contributed by atoms with Crippen molar-refractivity contribution >= 4 is 68.2 Å². The summed E-state index contributed by atoms with van der Waals surface area (Å²) >= 11 is 0. The molecule has 4 aromatic heterocycles. The van der Waals surface area contributed by atoms with Crippen LogP contribution in [0.25, 0.3) is 45.8 Å². The Morgan fingerprint density at radius 2 is 0.279 bits per heavy atom. The van der Waals surface area contributed by atoms with E-state index in [1.807, 2.05) is 194 Å². The van der Waals surface area contributed by atoms with Gasteiger partial charge in [-0.05, 0) is 229 Å². The van der Waals surface area contributed by atoms with Gasteiger partial charge in [-0.1, -0.05) is 267 Å². The molecule has 20 aromatic rings. The average Bonchev–Trinajstić information content (AvgIpc) is 1.40. The Hall–Kier alpha value is -16.7. The van der Waals surface area contributed by atoms with Crippen LogP contribution in [0.2, 0.25) is 0 Å². The Bertz CT molecular complexity index is 5290. The van der Waals surface area contributed by atoms with E-state index in [2.05, 4.69) is 327 Å². The van der Waals surface area contributed by atoms with E-state index in [1.165, 1.54) is 47.8 Å². The fourth-order valence-corrected chi connectivity index (χ4v) is 13.5. The summed E-state index contributed by atoms with van der Waals surface area (Å²) in [5.74, 6) is 2.08. The van der Waals surface area contributed by atoms with Gasteiger partial charge in [0, 0.05) is 90.5 Å². The Kier molecular flexibility index (Phi) is 28.2. The van der Waals surface area contributed by atoms with E-state index >= 15 is 0 Å². The van der Waals surface area contributed by atoms with Crippen molar-refractivity contribution in [3.05, 3.63) is 509 Å². The zero-order valence-electron chi connectivity index (χ0n) is 66.6. The van der Waals surface area contributed by atoms with Crippen LogP contribution in [0.15, 0.2) is 504 Å². The zero-order valence-corrected chi connectivity index (χ0v) is 66.6. The summed E-state index contributed by atoms with van der Waals surface area (Å²) < 4.78 is 21.0. The van der Waals surface area contributed by atoms with Gasteiger partial charge in [-0.25, -0.2) is 0 Å². The van der Waals surface area contributed by atoms with Crippen LogP contribution in [-0.4, -0.2) is 40.8 Å². The number of hydrogen-bond donors (Lipinski definition) is 0. The van der Waals surface area contributed by atoms with Gasteiger partial charge in [0.05, 0.1) is 0 Å². The Morgan fingerprint density at radius 3 is 0.410 bits per heavy atom. The molecule has 4 heterocycles. The minimum absolute atomic E-state index is 0.521. The maximum absolute atomic E-state index is 5.25. The fourth-order valence-electron chi connectivity index (χ4n) is 13.5. The lowest BCUT2D eigenvalue weighted by Crippen LogP contribution is -2.09. The van der Waals surface area contributed by atoms with Crippen molar-refractivity contribution in [2.75, 3.05) is 19.6 Å². The highest BCUT2D eigenvalue weighted by Gasteiger charge is 2.18. The highest BCUT2D eigenvalue weighted by molar-refractivity contribution is 5.81. The average molecular weight is 1590 g/mol. The second-order valence-corrected chi connectivity index (χ2v) is 27.5. The van der Waals surface area contributed by atoms with Gasteiger partial charge in [0.1, 0.15) is 0 Å². The molecule has 0 radical (unpaired) electrons. The second kappa shape index (κ2) is 42.8. The molecule has 0 N–H and O–H groups in total. The molecule has 16 aromatic carbocycles. The molecule has 0 saturated carbocycles. The van der Waals surface area contributed by atoms with Gasteiger partial charge in [-0.15, -0.1) is 40.8 Å². The van der Waals surface area contributed by atoms with Crippen molar-refractivity contribution in [2.24, 2.45) is 0 Å². The monoisotopic (exact) mass is 1590 g/mol. The molecule has 0 amide bonds. The van der Waals surface area contributed by atoms with Crippen LogP contribution in [0.4, 0.5) is 68.2 Å². The first kappa shape index (κ1) is 80.5. The molecular weight excluding hydrogens is 1510 g/mol. The van der Waals surface area contributed by atoms with Crippen molar-refractivity contribution in [1.82, 2.24) is 40.8 Å². The quantitative estimate of drug-likeness (QED) is 0.0706. The zero-order chi connectivity index (χ0) is 82.6. The summed E-state index contributed by atoms with van der Waals surface area (Å²) in [6, 6.07) is 157. The lowest BCUT2D eigenvalue weighted by Gasteiger charge is -2.25. The fraction of sp³-hybridized carbons (Fsp3) is 0.0189. The number of anilines is 12. The van der Waals surface area contributed by atoms with Crippen molar-refractivity contribution in [3.8, 4) is 45.8 Å². The van der Waals surface area contributed by atoms with Crippen LogP contribution >= 0.6 is 0 Å². The number of hydrogen-bond acceptors (Lipinski definition) is 16. The molecule has 16 heteroatoms. The summed E-state index contributed by atoms with van der Waals surface area (Å²) in [6.07, 6.45) is 7.41. The van der Waals surface area contributed by atoms with E-state index < -0.39 is 0 Å². The Labute approximate surface area is 709 Å². The van der Waals surface area contributed by atoms with Crippen molar-refractivity contribution in [3.63, 3.8) is 0 Å². The summed E-state index contributed by atoms with van der Waals surface area (Å²) in [6.45, 7) is 0. The molecule has 0 fully saturated rings. The van der Waals surface area contributed by atoms with Gasteiger partial charge in [-0.3, -0.25) is 0 Å². The molecule has 0 unspecified atom stereocenters. The van der Waals surface area contributed by atoms with Crippen molar-refractivity contribution in [1.29, 1.82) is 0 Å². The molecular formula is C106H84N12O4. The minimum Gasteiger partial charge on any atom is -0.423 e. The first-order valence-electron chi connectivity index (χ1n) is 39.8. The van der Waals surface area contributed by atoms with E-state index in [9.17, 15) is 0 Å². The normalized spacial score (nSPS) is 10.4. The molecule has 0 aliphatic heterocycles. The van der Waals surface area contributed by atoms with Gasteiger partial charge >= 0.3 is 0 Å². The van der Waals surface area contributed by atoms with Gasteiger partial charge in [0.15, 0.2) is 0 Å². The van der Waals surface area contributed by atoms with Gasteiger partial charge in [0.25, 0.3) is 0 Å². The van der Waals surface area contributed by atoms with Crippen molar-refractivity contribution in [2.45, 2.75) is 12.8 Å². The molecule has 122 heavy (non-hydrogen) atoms. The Morgan fingerprint density at radius 1 is 0.148 bits per heavy atom. The van der Waals surface area contributed by atoms with E-state index in [1.54, 1.807) is 0 Å². The maximum atomic E-state index is 5.25. The summed E-state index contributed by atoms with van der Waals surface area (Å²) in [5, 5.41) is 30.7. The highest BCUT2D eigenvalue weighted by atomic mass is 16.4. The molecule has 0 bridgehead atoms. The molecule has 0 spiro atoms. The molecule has 592 valence electrons. The lowest BCUT2D eigenvalue weighted by atomic mass is 10.1. The first-order chi connectivity index (χ1) is 60.6. The van der Waals surface area contributed by atoms with Crippen LogP contribution in [-0.2, 0) is 12.8 Å².